The van der Waals surface area contributed by atoms with Gasteiger partial charge in [0.1, 0.15) is 0 Å². The summed E-state index contributed by atoms with van der Waals surface area (Å²) >= 11 is 0. The Labute approximate surface area is 91.1 Å². The van der Waals surface area contributed by atoms with Crippen molar-refractivity contribution in [2.75, 3.05) is 0 Å². The van der Waals surface area contributed by atoms with E-state index in [1.807, 2.05) is 6.92 Å². The topological polar surface area (TPSA) is 46.5 Å². The van der Waals surface area contributed by atoms with Gasteiger partial charge >= 0.3 is 5.97 Å². The van der Waals surface area contributed by atoms with Gasteiger partial charge in [0.2, 0.25) is 0 Å². The highest BCUT2D eigenvalue weighted by atomic mass is 16.5. The third-order valence-electron chi connectivity index (χ3n) is 2.78. The number of carboxylic acids is 1. The van der Waals surface area contributed by atoms with E-state index in [1.54, 1.807) is 13.0 Å². The van der Waals surface area contributed by atoms with Crippen LogP contribution < -0.4 is 0 Å². The first-order valence-corrected chi connectivity index (χ1v) is 5.66. The van der Waals surface area contributed by atoms with Crippen LogP contribution in [0.3, 0.4) is 0 Å². The van der Waals surface area contributed by atoms with Gasteiger partial charge in [-0.1, -0.05) is 19.3 Å². The lowest BCUT2D eigenvalue weighted by atomic mass is 9.97. The highest BCUT2D eigenvalue weighted by Crippen LogP contribution is 2.21. The van der Waals surface area contributed by atoms with E-state index in [2.05, 4.69) is 0 Å². The first-order chi connectivity index (χ1) is 7.09. The molecule has 1 fully saturated rings. The SMILES string of the molecule is CC(=CC(C)OC1CCCCC1)C(=O)O. The summed E-state index contributed by atoms with van der Waals surface area (Å²) in [6, 6.07) is 0. The first-order valence-electron chi connectivity index (χ1n) is 5.66. The van der Waals surface area contributed by atoms with Gasteiger partial charge in [-0.3, -0.25) is 0 Å². The average molecular weight is 212 g/mol. The Bertz CT molecular complexity index is 239. The van der Waals surface area contributed by atoms with Gasteiger partial charge in [-0.2, -0.15) is 0 Å². The molecule has 0 spiro atoms. The number of ether oxygens (including phenoxy) is 1. The molecule has 1 atom stereocenters. The number of hydrogen-bond acceptors (Lipinski definition) is 2. The largest absolute Gasteiger partial charge is 0.478 e. The first kappa shape index (κ1) is 12.2. The predicted octanol–water partition coefficient (Wildman–Crippen LogP) is 2.76. The second-order valence-corrected chi connectivity index (χ2v) is 4.26. The summed E-state index contributed by atoms with van der Waals surface area (Å²) in [5, 5.41) is 8.71. The molecular weight excluding hydrogens is 192 g/mol. The lowest BCUT2D eigenvalue weighted by molar-refractivity contribution is -0.132. The molecule has 1 N–H and O–H groups in total. The quantitative estimate of drug-likeness (QED) is 0.729. The van der Waals surface area contributed by atoms with Crippen LogP contribution in [0.25, 0.3) is 0 Å². The molecule has 0 heterocycles. The highest BCUT2D eigenvalue weighted by molar-refractivity contribution is 5.85. The molecule has 0 aromatic carbocycles. The molecule has 0 saturated heterocycles. The molecule has 1 rings (SSSR count). The van der Waals surface area contributed by atoms with E-state index in [9.17, 15) is 4.79 Å². The van der Waals surface area contributed by atoms with Gasteiger partial charge in [-0.05, 0) is 32.8 Å². The van der Waals surface area contributed by atoms with Crippen LogP contribution in [0.5, 0.6) is 0 Å². The van der Waals surface area contributed by atoms with Crippen molar-refractivity contribution in [3.8, 4) is 0 Å². The summed E-state index contributed by atoms with van der Waals surface area (Å²) in [5.41, 5.74) is 0.360. The maximum Gasteiger partial charge on any atom is 0.331 e. The maximum absolute atomic E-state index is 10.6. The van der Waals surface area contributed by atoms with Gasteiger partial charge in [0, 0.05) is 5.57 Å². The molecule has 0 aromatic heterocycles. The van der Waals surface area contributed by atoms with Crippen molar-refractivity contribution in [2.45, 2.75) is 58.2 Å². The summed E-state index contributed by atoms with van der Waals surface area (Å²) in [5.74, 6) is -0.867. The Morgan fingerprint density at radius 2 is 2.00 bits per heavy atom. The highest BCUT2D eigenvalue weighted by Gasteiger charge is 2.16. The van der Waals surface area contributed by atoms with Crippen LogP contribution in [0.4, 0.5) is 0 Å². The van der Waals surface area contributed by atoms with E-state index >= 15 is 0 Å². The van der Waals surface area contributed by atoms with Crippen LogP contribution in [0.2, 0.25) is 0 Å². The molecule has 0 aromatic rings. The normalized spacial score (nSPS) is 21.3. The number of rotatable bonds is 4. The molecule has 3 heteroatoms. The molecule has 3 nitrogen and oxygen atoms in total. The third kappa shape index (κ3) is 4.47. The summed E-state index contributed by atoms with van der Waals surface area (Å²) in [4.78, 5) is 10.6. The monoisotopic (exact) mass is 212 g/mol. The van der Waals surface area contributed by atoms with E-state index in [0.29, 0.717) is 11.7 Å². The van der Waals surface area contributed by atoms with Crippen molar-refractivity contribution in [3.05, 3.63) is 11.6 Å². The van der Waals surface area contributed by atoms with Gasteiger partial charge < -0.3 is 9.84 Å². The summed E-state index contributed by atoms with van der Waals surface area (Å²) < 4.78 is 5.77. The van der Waals surface area contributed by atoms with Crippen molar-refractivity contribution < 1.29 is 14.6 Å². The van der Waals surface area contributed by atoms with Crippen molar-refractivity contribution in [1.82, 2.24) is 0 Å². The molecule has 0 radical (unpaired) electrons. The maximum atomic E-state index is 10.6. The molecule has 1 saturated carbocycles. The third-order valence-corrected chi connectivity index (χ3v) is 2.78. The van der Waals surface area contributed by atoms with Gasteiger partial charge in [0.05, 0.1) is 12.2 Å². The lowest BCUT2D eigenvalue weighted by Crippen LogP contribution is -2.21. The fraction of sp³-hybridized carbons (Fsp3) is 0.750. The van der Waals surface area contributed by atoms with Crippen LogP contribution >= 0.6 is 0 Å². The average Bonchev–Trinajstić information content (AvgIpc) is 2.18. The second kappa shape index (κ2) is 5.91. The fourth-order valence-electron chi connectivity index (χ4n) is 1.97. The van der Waals surface area contributed by atoms with Crippen molar-refractivity contribution in [1.29, 1.82) is 0 Å². The molecule has 86 valence electrons. The predicted molar refractivity (Wildman–Crippen MR) is 58.8 cm³/mol. The smallest absolute Gasteiger partial charge is 0.331 e. The van der Waals surface area contributed by atoms with Crippen LogP contribution in [0, 0.1) is 0 Å². The Hall–Kier alpha value is -0.830. The molecule has 1 aliphatic rings. The zero-order valence-corrected chi connectivity index (χ0v) is 9.53. The second-order valence-electron chi connectivity index (χ2n) is 4.26. The Balaban J connectivity index is 2.37. The van der Waals surface area contributed by atoms with Gasteiger partial charge in [-0.25, -0.2) is 4.79 Å². The minimum atomic E-state index is -0.867. The van der Waals surface area contributed by atoms with Gasteiger partial charge in [0.25, 0.3) is 0 Å². The number of aliphatic carboxylic acids is 1. The van der Waals surface area contributed by atoms with Gasteiger partial charge in [-0.15, -0.1) is 0 Å². The number of hydrogen-bond donors (Lipinski definition) is 1. The Kier molecular flexibility index (Phi) is 4.82. The number of carbonyl (C=O) groups is 1. The zero-order valence-electron chi connectivity index (χ0n) is 9.53. The minimum Gasteiger partial charge on any atom is -0.478 e. The van der Waals surface area contributed by atoms with E-state index in [1.165, 1.54) is 19.3 Å². The summed E-state index contributed by atoms with van der Waals surface area (Å²) in [7, 11) is 0. The molecule has 0 amide bonds. The van der Waals surface area contributed by atoms with E-state index in [0.717, 1.165) is 12.8 Å². The zero-order chi connectivity index (χ0) is 11.3. The van der Waals surface area contributed by atoms with Crippen molar-refractivity contribution >= 4 is 5.97 Å². The fourth-order valence-corrected chi connectivity index (χ4v) is 1.97. The molecule has 0 aliphatic heterocycles. The van der Waals surface area contributed by atoms with E-state index in [-0.39, 0.29) is 6.10 Å². The Morgan fingerprint density at radius 1 is 1.40 bits per heavy atom. The Morgan fingerprint density at radius 3 is 2.53 bits per heavy atom. The van der Waals surface area contributed by atoms with Crippen LogP contribution in [0.1, 0.15) is 46.0 Å². The van der Waals surface area contributed by atoms with Gasteiger partial charge in [0.15, 0.2) is 0 Å². The molecular formula is C12H20O3. The van der Waals surface area contributed by atoms with Crippen LogP contribution in [-0.4, -0.2) is 23.3 Å². The molecule has 15 heavy (non-hydrogen) atoms. The van der Waals surface area contributed by atoms with E-state index in [4.69, 9.17) is 9.84 Å². The molecule has 0 bridgehead atoms. The molecule has 1 unspecified atom stereocenters. The summed E-state index contributed by atoms with van der Waals surface area (Å²) in [6.45, 7) is 3.50. The van der Waals surface area contributed by atoms with Crippen LogP contribution in [0.15, 0.2) is 11.6 Å². The lowest BCUT2D eigenvalue weighted by Gasteiger charge is -2.24. The molecule has 1 aliphatic carbocycles. The van der Waals surface area contributed by atoms with Crippen molar-refractivity contribution in [3.63, 3.8) is 0 Å². The standard InChI is InChI=1S/C12H20O3/c1-9(12(13)14)8-10(2)15-11-6-4-3-5-7-11/h8,10-11H,3-7H2,1-2H3,(H,13,14). The van der Waals surface area contributed by atoms with Crippen LogP contribution in [-0.2, 0) is 9.53 Å². The number of carboxylic acid groups (broad SMARTS) is 1. The van der Waals surface area contributed by atoms with E-state index < -0.39 is 5.97 Å². The van der Waals surface area contributed by atoms with Crippen molar-refractivity contribution in [2.24, 2.45) is 0 Å². The summed E-state index contributed by atoms with van der Waals surface area (Å²) in [6.07, 6.45) is 7.91. The minimum absolute atomic E-state index is 0.0933.